The lowest BCUT2D eigenvalue weighted by Crippen LogP contribution is -2.21. The van der Waals surface area contributed by atoms with Gasteiger partial charge in [-0.05, 0) is 73.0 Å². The van der Waals surface area contributed by atoms with Gasteiger partial charge in [0, 0.05) is 54.3 Å². The highest BCUT2D eigenvalue weighted by Gasteiger charge is 2.31. The Morgan fingerprint density at radius 1 is 1.15 bits per heavy atom. The van der Waals surface area contributed by atoms with Gasteiger partial charge in [-0.25, -0.2) is 0 Å². The summed E-state index contributed by atoms with van der Waals surface area (Å²) in [4.78, 5) is 19.3. The number of nitrogens with one attached hydrogen (secondary N) is 1. The van der Waals surface area contributed by atoms with Gasteiger partial charge >= 0.3 is 6.36 Å². The molecule has 34 heavy (non-hydrogen) atoms. The van der Waals surface area contributed by atoms with Gasteiger partial charge in [-0.15, -0.1) is 13.2 Å². The van der Waals surface area contributed by atoms with Crippen LogP contribution in [0.1, 0.15) is 15.9 Å². The second-order valence-electron chi connectivity index (χ2n) is 7.73. The number of rotatable bonds is 6. The molecule has 0 radical (unpaired) electrons. The Balaban J connectivity index is 1.70. The monoisotopic (exact) mass is 486 g/mol. The number of benzene rings is 2. The summed E-state index contributed by atoms with van der Waals surface area (Å²) in [5.74, 6) is -0.396. The highest BCUT2D eigenvalue weighted by molar-refractivity contribution is 7.98. The average molecular weight is 487 g/mol. The quantitative estimate of drug-likeness (QED) is 0.349. The smallest absolute Gasteiger partial charge is 0.406 e. The lowest BCUT2D eigenvalue weighted by atomic mass is 10.1. The number of anilines is 2. The number of hydrogen-bond acceptors (Lipinski definition) is 5. The van der Waals surface area contributed by atoms with Crippen molar-refractivity contribution < 1.29 is 22.7 Å². The molecule has 10 heteroatoms. The molecule has 0 atom stereocenters. The molecule has 0 spiro atoms. The number of amides is 1. The fraction of sp³-hybridized carbons (Fsp3) is 0.167. The fourth-order valence-corrected chi connectivity index (χ4v) is 4.29. The highest BCUT2D eigenvalue weighted by Crippen LogP contribution is 2.34. The number of ether oxygens (including phenoxy) is 1. The Morgan fingerprint density at radius 2 is 1.94 bits per heavy atom. The van der Waals surface area contributed by atoms with Crippen LogP contribution in [0.2, 0.25) is 0 Å². The normalized spacial score (nSPS) is 11.5. The lowest BCUT2D eigenvalue weighted by molar-refractivity contribution is -0.274. The van der Waals surface area contributed by atoms with Gasteiger partial charge in [0.05, 0.1) is 11.1 Å². The van der Waals surface area contributed by atoms with E-state index < -0.39 is 6.36 Å². The average Bonchev–Trinajstić information content (AvgIpc) is 3.12. The van der Waals surface area contributed by atoms with Gasteiger partial charge in [-0.1, -0.05) is 0 Å². The van der Waals surface area contributed by atoms with Crippen LogP contribution in [0.3, 0.4) is 0 Å². The van der Waals surface area contributed by atoms with Crippen molar-refractivity contribution in [2.24, 2.45) is 0 Å². The molecule has 6 nitrogen and oxygen atoms in total. The third-order valence-corrected chi connectivity index (χ3v) is 5.91. The van der Waals surface area contributed by atoms with E-state index in [2.05, 4.69) is 15.0 Å². The molecule has 0 saturated carbocycles. The van der Waals surface area contributed by atoms with Crippen molar-refractivity contribution in [3.05, 3.63) is 78.2 Å². The standard InChI is InChI=1S/C24H21F3N4O2S/c1-15-11-17(33-24(25,26)27)7-9-21(15)29-16-6-8-19-20(23(32)30(2)3)14-31(22(19)12-16)34-18-5-4-10-28-13-18/h4-14,29H,1-3H3. The Kier molecular flexibility index (Phi) is 6.43. The third-order valence-electron chi connectivity index (χ3n) is 4.96. The van der Waals surface area contributed by atoms with E-state index in [0.717, 1.165) is 21.5 Å². The number of carbonyl (C=O) groups is 1. The maximum Gasteiger partial charge on any atom is 0.573 e. The number of fused-ring (bicyclic) bond motifs is 1. The molecular weight excluding hydrogens is 465 g/mol. The largest absolute Gasteiger partial charge is 0.573 e. The molecule has 2 aromatic carbocycles. The predicted octanol–water partition coefficient (Wildman–Crippen LogP) is 6.24. The summed E-state index contributed by atoms with van der Waals surface area (Å²) in [6.45, 7) is 1.69. The van der Waals surface area contributed by atoms with Crippen molar-refractivity contribution >= 4 is 40.1 Å². The first-order valence-corrected chi connectivity index (χ1v) is 11.0. The number of alkyl halides is 3. The first kappa shape index (κ1) is 23.5. The molecule has 0 unspecified atom stereocenters. The topological polar surface area (TPSA) is 59.4 Å². The summed E-state index contributed by atoms with van der Waals surface area (Å²) < 4.78 is 43.4. The zero-order valence-electron chi connectivity index (χ0n) is 18.6. The number of carbonyl (C=O) groups excluding carboxylic acids is 1. The minimum Gasteiger partial charge on any atom is -0.406 e. The molecule has 0 aliphatic rings. The summed E-state index contributed by atoms with van der Waals surface area (Å²) in [6, 6.07) is 13.4. The van der Waals surface area contributed by atoms with Gasteiger partial charge in [0.1, 0.15) is 5.75 Å². The van der Waals surface area contributed by atoms with Crippen molar-refractivity contribution in [2.75, 3.05) is 19.4 Å². The first-order valence-electron chi connectivity index (χ1n) is 10.2. The first-order chi connectivity index (χ1) is 16.1. The molecule has 4 aromatic rings. The van der Waals surface area contributed by atoms with E-state index in [-0.39, 0.29) is 11.7 Å². The van der Waals surface area contributed by atoms with Crippen LogP contribution < -0.4 is 10.1 Å². The fourth-order valence-electron chi connectivity index (χ4n) is 3.41. The van der Waals surface area contributed by atoms with Crippen molar-refractivity contribution in [1.82, 2.24) is 13.9 Å². The SMILES string of the molecule is Cc1cc(OC(F)(F)F)ccc1Nc1ccc2c(C(=O)N(C)C)cn(Sc3cccnc3)c2c1. The summed E-state index contributed by atoms with van der Waals surface area (Å²) in [5, 5.41) is 4.02. The molecule has 2 aromatic heterocycles. The molecule has 2 heterocycles. The second-order valence-corrected chi connectivity index (χ2v) is 8.78. The summed E-state index contributed by atoms with van der Waals surface area (Å²) in [6.07, 6.45) is 0.475. The second kappa shape index (κ2) is 9.30. The Morgan fingerprint density at radius 3 is 2.59 bits per heavy atom. The van der Waals surface area contributed by atoms with E-state index in [1.807, 2.05) is 34.3 Å². The van der Waals surface area contributed by atoms with Gasteiger partial charge in [0.2, 0.25) is 0 Å². The van der Waals surface area contributed by atoms with E-state index in [0.29, 0.717) is 16.8 Å². The minimum absolute atomic E-state index is 0.118. The van der Waals surface area contributed by atoms with Crippen LogP contribution in [0.25, 0.3) is 10.9 Å². The number of aryl methyl sites for hydroxylation is 1. The van der Waals surface area contributed by atoms with Crippen molar-refractivity contribution in [2.45, 2.75) is 18.2 Å². The molecule has 0 saturated heterocycles. The molecule has 0 fully saturated rings. The number of aromatic nitrogens is 2. The van der Waals surface area contributed by atoms with E-state index in [9.17, 15) is 18.0 Å². The van der Waals surface area contributed by atoms with Crippen LogP contribution in [0.15, 0.2) is 72.0 Å². The van der Waals surface area contributed by atoms with Gasteiger partial charge in [-0.2, -0.15) is 0 Å². The van der Waals surface area contributed by atoms with Crippen LogP contribution in [0, 0.1) is 6.92 Å². The molecule has 176 valence electrons. The van der Waals surface area contributed by atoms with Gasteiger partial charge in [0.25, 0.3) is 5.91 Å². The third kappa shape index (κ3) is 5.28. The van der Waals surface area contributed by atoms with E-state index in [1.165, 1.54) is 35.0 Å². The van der Waals surface area contributed by atoms with Crippen molar-refractivity contribution in [3.8, 4) is 5.75 Å². The Bertz CT molecular complexity index is 1340. The van der Waals surface area contributed by atoms with Crippen molar-refractivity contribution in [1.29, 1.82) is 0 Å². The molecular formula is C24H21F3N4O2S. The zero-order chi connectivity index (χ0) is 24.5. The van der Waals surface area contributed by atoms with Gasteiger partial charge < -0.3 is 15.0 Å². The maximum atomic E-state index is 12.8. The molecule has 0 aliphatic carbocycles. The van der Waals surface area contributed by atoms with Crippen molar-refractivity contribution in [3.63, 3.8) is 0 Å². The van der Waals surface area contributed by atoms with Crippen LogP contribution in [-0.2, 0) is 0 Å². The molecule has 1 amide bonds. The van der Waals surface area contributed by atoms with Gasteiger partial charge in [-0.3, -0.25) is 13.8 Å². The number of hydrogen-bond donors (Lipinski definition) is 1. The van der Waals surface area contributed by atoms with Crippen LogP contribution in [0.5, 0.6) is 5.75 Å². The number of pyridine rings is 1. The summed E-state index contributed by atoms with van der Waals surface area (Å²) in [5.41, 5.74) is 3.31. The van der Waals surface area contributed by atoms with E-state index >= 15 is 0 Å². The molecule has 4 rings (SSSR count). The lowest BCUT2D eigenvalue weighted by Gasteiger charge is -2.14. The van der Waals surface area contributed by atoms with Crippen LogP contribution in [0.4, 0.5) is 24.5 Å². The van der Waals surface area contributed by atoms with E-state index in [1.54, 1.807) is 39.6 Å². The summed E-state index contributed by atoms with van der Waals surface area (Å²) >= 11 is 1.42. The predicted molar refractivity (Wildman–Crippen MR) is 127 cm³/mol. The summed E-state index contributed by atoms with van der Waals surface area (Å²) in [7, 11) is 3.40. The molecule has 1 N–H and O–H groups in total. The Labute approximate surface area is 198 Å². The van der Waals surface area contributed by atoms with E-state index in [4.69, 9.17) is 0 Å². The molecule has 0 bridgehead atoms. The van der Waals surface area contributed by atoms with Crippen LogP contribution >= 0.6 is 11.9 Å². The number of nitrogens with zero attached hydrogens (tertiary/aromatic N) is 3. The highest BCUT2D eigenvalue weighted by atomic mass is 32.2. The Hall–Kier alpha value is -3.66. The number of halogens is 3. The van der Waals surface area contributed by atoms with Crippen LogP contribution in [-0.4, -0.2) is 40.2 Å². The zero-order valence-corrected chi connectivity index (χ0v) is 19.4. The van der Waals surface area contributed by atoms with Gasteiger partial charge in [0.15, 0.2) is 0 Å². The minimum atomic E-state index is -4.74. The maximum absolute atomic E-state index is 12.8. The molecule has 0 aliphatic heterocycles.